The molecular formula is C16H15F3OS. The minimum atomic E-state index is -4.36. The second-order valence-electron chi connectivity index (χ2n) is 4.86. The summed E-state index contributed by atoms with van der Waals surface area (Å²) in [5, 5.41) is 0. The van der Waals surface area contributed by atoms with Crippen LogP contribution in [0.5, 0.6) is 0 Å². The van der Waals surface area contributed by atoms with Crippen molar-refractivity contribution < 1.29 is 18.0 Å². The Labute approximate surface area is 125 Å². The van der Waals surface area contributed by atoms with Crippen molar-refractivity contribution in [1.82, 2.24) is 0 Å². The molecule has 1 aromatic heterocycles. The highest BCUT2D eigenvalue weighted by Gasteiger charge is 2.32. The highest BCUT2D eigenvalue weighted by atomic mass is 32.1. The smallest absolute Gasteiger partial charge is 0.293 e. The quantitative estimate of drug-likeness (QED) is 0.659. The first-order valence-corrected chi connectivity index (χ1v) is 7.46. The van der Waals surface area contributed by atoms with Crippen LogP contribution in [0.3, 0.4) is 0 Å². The molecule has 1 heterocycles. The lowest BCUT2D eigenvalue weighted by Gasteiger charge is -2.11. The van der Waals surface area contributed by atoms with Crippen LogP contribution in [0.2, 0.25) is 0 Å². The summed E-state index contributed by atoms with van der Waals surface area (Å²) in [4.78, 5) is 13.1. The van der Waals surface area contributed by atoms with E-state index < -0.39 is 11.7 Å². The van der Waals surface area contributed by atoms with E-state index in [9.17, 15) is 18.0 Å². The first-order chi connectivity index (χ1) is 9.82. The van der Waals surface area contributed by atoms with Crippen LogP contribution in [0.1, 0.15) is 40.6 Å². The van der Waals surface area contributed by atoms with Crippen molar-refractivity contribution in [1.29, 1.82) is 0 Å². The molecule has 0 radical (unpaired) electrons. The number of halogens is 3. The number of ketones is 1. The SMILES string of the molecule is CCCC(=O)c1ccc(-c2ccc(C)c(C(F)(F)F)c2)s1. The average Bonchev–Trinajstić information content (AvgIpc) is 2.88. The number of Topliss-reactive ketones (excluding diaryl/α,β-unsaturated/α-hetero) is 1. The first kappa shape index (κ1) is 15.8. The van der Waals surface area contributed by atoms with Gasteiger partial charge in [-0.15, -0.1) is 11.3 Å². The lowest BCUT2D eigenvalue weighted by molar-refractivity contribution is -0.138. The first-order valence-electron chi connectivity index (χ1n) is 6.64. The monoisotopic (exact) mass is 312 g/mol. The van der Waals surface area contributed by atoms with E-state index in [1.165, 1.54) is 24.3 Å². The second-order valence-corrected chi connectivity index (χ2v) is 5.95. The van der Waals surface area contributed by atoms with Gasteiger partial charge in [0.15, 0.2) is 5.78 Å². The summed E-state index contributed by atoms with van der Waals surface area (Å²) in [5.41, 5.74) is 0.0633. The van der Waals surface area contributed by atoms with Crippen LogP contribution in [0.25, 0.3) is 10.4 Å². The van der Waals surface area contributed by atoms with Gasteiger partial charge >= 0.3 is 6.18 Å². The molecule has 0 saturated heterocycles. The largest absolute Gasteiger partial charge is 0.416 e. The van der Waals surface area contributed by atoms with Gasteiger partial charge in [0, 0.05) is 11.3 Å². The highest BCUT2D eigenvalue weighted by molar-refractivity contribution is 7.17. The fraction of sp³-hybridized carbons (Fsp3) is 0.312. The molecule has 0 aliphatic heterocycles. The number of rotatable bonds is 4. The van der Waals surface area contributed by atoms with Crippen molar-refractivity contribution in [2.24, 2.45) is 0 Å². The molecule has 0 bridgehead atoms. The third kappa shape index (κ3) is 3.53. The molecular weight excluding hydrogens is 297 g/mol. The summed E-state index contributed by atoms with van der Waals surface area (Å²) in [5.74, 6) is 0.0388. The third-order valence-corrected chi connectivity index (χ3v) is 4.36. The normalized spacial score (nSPS) is 11.7. The summed E-state index contributed by atoms with van der Waals surface area (Å²) in [6.07, 6.45) is -3.14. The number of hydrogen-bond donors (Lipinski definition) is 0. The zero-order valence-corrected chi connectivity index (χ0v) is 12.6. The Morgan fingerprint density at radius 3 is 2.52 bits per heavy atom. The Kier molecular flexibility index (Phi) is 4.52. The topological polar surface area (TPSA) is 17.1 Å². The van der Waals surface area contributed by atoms with Crippen molar-refractivity contribution in [3.05, 3.63) is 46.3 Å². The Bertz CT molecular complexity index is 656. The summed E-state index contributed by atoms with van der Waals surface area (Å²) in [7, 11) is 0. The van der Waals surface area contributed by atoms with Gasteiger partial charge in [-0.2, -0.15) is 13.2 Å². The minimum Gasteiger partial charge on any atom is -0.293 e. The van der Waals surface area contributed by atoms with E-state index >= 15 is 0 Å². The third-order valence-electron chi connectivity index (χ3n) is 3.19. The van der Waals surface area contributed by atoms with Gasteiger partial charge in [0.2, 0.25) is 0 Å². The zero-order chi connectivity index (χ0) is 15.6. The highest BCUT2D eigenvalue weighted by Crippen LogP contribution is 2.36. The van der Waals surface area contributed by atoms with E-state index in [0.717, 1.165) is 12.5 Å². The fourth-order valence-electron chi connectivity index (χ4n) is 2.07. The maximum absolute atomic E-state index is 12.9. The molecule has 0 aliphatic carbocycles. The van der Waals surface area contributed by atoms with Crippen molar-refractivity contribution in [2.75, 3.05) is 0 Å². The molecule has 1 nitrogen and oxygen atoms in total. The molecule has 0 saturated carbocycles. The van der Waals surface area contributed by atoms with E-state index in [2.05, 4.69) is 0 Å². The Morgan fingerprint density at radius 2 is 1.90 bits per heavy atom. The zero-order valence-electron chi connectivity index (χ0n) is 11.8. The second kappa shape index (κ2) is 6.02. The van der Waals surface area contributed by atoms with Crippen LogP contribution in [-0.2, 0) is 6.18 Å². The molecule has 0 fully saturated rings. The fourth-order valence-corrected chi connectivity index (χ4v) is 3.04. The number of aryl methyl sites for hydroxylation is 1. The Morgan fingerprint density at radius 1 is 1.19 bits per heavy atom. The average molecular weight is 312 g/mol. The maximum atomic E-state index is 12.9. The van der Waals surface area contributed by atoms with Gasteiger partial charge in [-0.05, 0) is 42.7 Å². The molecule has 0 amide bonds. The maximum Gasteiger partial charge on any atom is 0.416 e. The van der Waals surface area contributed by atoms with Crippen molar-refractivity contribution in [2.45, 2.75) is 32.9 Å². The van der Waals surface area contributed by atoms with Crippen LogP contribution >= 0.6 is 11.3 Å². The number of alkyl halides is 3. The van der Waals surface area contributed by atoms with Gasteiger partial charge in [-0.1, -0.05) is 19.1 Å². The lowest BCUT2D eigenvalue weighted by atomic mass is 10.0. The number of hydrogen-bond acceptors (Lipinski definition) is 2. The summed E-state index contributed by atoms with van der Waals surface area (Å²) >= 11 is 1.24. The number of benzene rings is 1. The van der Waals surface area contributed by atoms with Crippen molar-refractivity contribution in [3.63, 3.8) is 0 Å². The molecule has 0 atom stereocenters. The molecule has 0 aliphatic rings. The molecule has 1 aromatic carbocycles. The van der Waals surface area contributed by atoms with E-state index in [4.69, 9.17) is 0 Å². The van der Waals surface area contributed by atoms with Gasteiger partial charge in [0.05, 0.1) is 10.4 Å². The summed E-state index contributed by atoms with van der Waals surface area (Å²) in [6.45, 7) is 3.36. The van der Waals surface area contributed by atoms with Gasteiger partial charge in [-0.25, -0.2) is 0 Å². The predicted octanol–water partition coefficient (Wildman–Crippen LogP) is 5.73. The van der Waals surface area contributed by atoms with Crippen molar-refractivity contribution in [3.8, 4) is 10.4 Å². The number of carbonyl (C=O) groups is 1. The molecule has 0 N–H and O–H groups in total. The van der Waals surface area contributed by atoms with E-state index in [1.807, 2.05) is 6.92 Å². The van der Waals surface area contributed by atoms with Gasteiger partial charge < -0.3 is 0 Å². The molecule has 2 rings (SSSR count). The summed E-state index contributed by atoms with van der Waals surface area (Å²) in [6, 6.07) is 7.66. The minimum absolute atomic E-state index is 0.0388. The molecule has 2 aromatic rings. The number of thiophene rings is 1. The Balaban J connectivity index is 2.37. The van der Waals surface area contributed by atoms with Gasteiger partial charge in [0.1, 0.15) is 0 Å². The van der Waals surface area contributed by atoms with Crippen LogP contribution in [0.4, 0.5) is 13.2 Å². The van der Waals surface area contributed by atoms with Crippen LogP contribution in [0.15, 0.2) is 30.3 Å². The van der Waals surface area contributed by atoms with E-state index in [1.54, 1.807) is 18.2 Å². The van der Waals surface area contributed by atoms with Gasteiger partial charge in [-0.3, -0.25) is 4.79 Å². The molecule has 0 spiro atoms. The van der Waals surface area contributed by atoms with E-state index in [-0.39, 0.29) is 11.3 Å². The van der Waals surface area contributed by atoms with Gasteiger partial charge in [0.25, 0.3) is 0 Å². The van der Waals surface area contributed by atoms with Crippen LogP contribution < -0.4 is 0 Å². The number of carbonyl (C=O) groups excluding carboxylic acids is 1. The Hall–Kier alpha value is -1.62. The van der Waals surface area contributed by atoms with Crippen LogP contribution in [0, 0.1) is 6.92 Å². The predicted molar refractivity (Wildman–Crippen MR) is 78.7 cm³/mol. The standard InChI is InChI=1S/C16H15F3OS/c1-3-4-13(20)15-8-7-14(21-15)11-6-5-10(2)12(9-11)16(17,18)19/h5-9H,3-4H2,1-2H3. The van der Waals surface area contributed by atoms with Crippen LogP contribution in [-0.4, -0.2) is 5.78 Å². The van der Waals surface area contributed by atoms with E-state index in [0.29, 0.717) is 21.7 Å². The van der Waals surface area contributed by atoms with Crippen molar-refractivity contribution >= 4 is 17.1 Å². The molecule has 21 heavy (non-hydrogen) atoms. The molecule has 112 valence electrons. The molecule has 5 heteroatoms. The molecule has 0 unspecified atom stereocenters. The lowest BCUT2D eigenvalue weighted by Crippen LogP contribution is -2.07. The summed E-state index contributed by atoms with van der Waals surface area (Å²) < 4.78 is 38.8.